The van der Waals surface area contributed by atoms with Crippen LogP contribution < -0.4 is 0 Å². The minimum atomic E-state index is -3.70. The highest BCUT2D eigenvalue weighted by molar-refractivity contribution is 7.86. The number of rotatable bonds is 4. The van der Waals surface area contributed by atoms with Crippen LogP contribution in [-0.2, 0) is 14.3 Å². The molecule has 0 aromatic heterocycles. The zero-order valence-electron chi connectivity index (χ0n) is 11.0. The molecule has 4 heteroatoms. The summed E-state index contributed by atoms with van der Waals surface area (Å²) in [7, 11) is -3.70. The van der Waals surface area contributed by atoms with Crippen LogP contribution in [0.4, 0.5) is 0 Å². The van der Waals surface area contributed by atoms with Gasteiger partial charge < -0.3 is 0 Å². The van der Waals surface area contributed by atoms with Crippen molar-refractivity contribution in [1.82, 2.24) is 0 Å². The highest BCUT2D eigenvalue weighted by atomic mass is 32.2. The third kappa shape index (κ3) is 3.78. The van der Waals surface area contributed by atoms with E-state index in [1.165, 1.54) is 6.61 Å². The minimum Gasteiger partial charge on any atom is -0.260 e. The highest BCUT2D eigenvalue weighted by Crippen LogP contribution is 2.22. The first-order valence-electron chi connectivity index (χ1n) is 6.16. The van der Waals surface area contributed by atoms with Crippen molar-refractivity contribution >= 4 is 10.1 Å². The summed E-state index contributed by atoms with van der Waals surface area (Å²) in [6, 6.07) is 6.62. The summed E-state index contributed by atoms with van der Waals surface area (Å²) in [5, 5.41) is 0. The van der Waals surface area contributed by atoms with Crippen molar-refractivity contribution in [3.05, 3.63) is 60.2 Å². The summed E-state index contributed by atoms with van der Waals surface area (Å²) in [6.45, 7) is 5.28. The quantitative estimate of drug-likeness (QED) is 0.792. The lowest BCUT2D eigenvalue weighted by Crippen LogP contribution is -2.10. The Morgan fingerprint density at radius 1 is 1.21 bits per heavy atom. The van der Waals surface area contributed by atoms with Crippen molar-refractivity contribution in [2.24, 2.45) is 5.92 Å². The molecule has 1 aliphatic carbocycles. The minimum absolute atomic E-state index is 0.00484. The molecule has 1 unspecified atom stereocenters. The maximum absolute atomic E-state index is 12.0. The van der Waals surface area contributed by atoms with Gasteiger partial charge in [0.25, 0.3) is 10.1 Å². The summed E-state index contributed by atoms with van der Waals surface area (Å²) in [4.78, 5) is 0.182. The lowest BCUT2D eigenvalue weighted by atomic mass is 9.98. The Bertz CT molecular complexity index is 595. The first-order valence-corrected chi connectivity index (χ1v) is 7.56. The zero-order chi connectivity index (χ0) is 13.9. The van der Waals surface area contributed by atoms with E-state index >= 15 is 0 Å². The Balaban J connectivity index is 2.02. The molecule has 0 bridgehead atoms. The Morgan fingerprint density at radius 3 is 2.53 bits per heavy atom. The van der Waals surface area contributed by atoms with Gasteiger partial charge in [0, 0.05) is 5.92 Å². The summed E-state index contributed by atoms with van der Waals surface area (Å²) >= 11 is 0. The van der Waals surface area contributed by atoms with Gasteiger partial charge in [-0.25, -0.2) is 0 Å². The van der Waals surface area contributed by atoms with Crippen molar-refractivity contribution in [3.8, 4) is 0 Å². The van der Waals surface area contributed by atoms with Crippen LogP contribution in [0.1, 0.15) is 18.9 Å². The molecule has 1 radical (unpaired) electrons. The second kappa shape index (κ2) is 5.72. The molecule has 0 spiro atoms. The van der Waals surface area contributed by atoms with Crippen molar-refractivity contribution in [3.63, 3.8) is 0 Å². The summed E-state index contributed by atoms with van der Waals surface area (Å²) in [5.41, 5.74) is 2.13. The molecule has 101 valence electrons. The lowest BCUT2D eigenvalue weighted by Gasteiger charge is -2.14. The van der Waals surface area contributed by atoms with E-state index in [4.69, 9.17) is 4.18 Å². The molecule has 1 atom stereocenters. The van der Waals surface area contributed by atoms with E-state index in [9.17, 15) is 8.42 Å². The molecule has 1 aromatic rings. The molecule has 19 heavy (non-hydrogen) atoms. The fraction of sp³-hybridized carbons (Fsp3) is 0.267. The topological polar surface area (TPSA) is 43.4 Å². The molecule has 0 amide bonds. The standard InChI is InChI=1S/C15H17O3S/c1-12-6-8-15(9-7-12)19(16,17)18-11-14-5-3-4-13(2)10-14/h3-4,6-11,14H,5H2,1-2H3. The molecule has 2 rings (SSSR count). The largest absolute Gasteiger partial charge is 0.297 e. The fourth-order valence-corrected chi connectivity index (χ4v) is 2.74. The molecule has 1 aromatic carbocycles. The van der Waals surface area contributed by atoms with Crippen LogP contribution in [0.15, 0.2) is 53.0 Å². The van der Waals surface area contributed by atoms with E-state index in [0.717, 1.165) is 17.6 Å². The third-order valence-corrected chi connectivity index (χ3v) is 4.15. The van der Waals surface area contributed by atoms with Crippen LogP contribution >= 0.6 is 0 Å². The zero-order valence-corrected chi connectivity index (χ0v) is 11.9. The molecular weight excluding hydrogens is 260 g/mol. The number of hydrogen-bond donors (Lipinski definition) is 0. The van der Waals surface area contributed by atoms with E-state index < -0.39 is 10.1 Å². The van der Waals surface area contributed by atoms with Gasteiger partial charge in [0.15, 0.2) is 0 Å². The van der Waals surface area contributed by atoms with Gasteiger partial charge >= 0.3 is 0 Å². The first kappa shape index (κ1) is 14.0. The molecule has 1 aliphatic rings. The Hall–Kier alpha value is -1.39. The van der Waals surface area contributed by atoms with Crippen LogP contribution in [0.25, 0.3) is 0 Å². The smallest absolute Gasteiger partial charge is 0.260 e. The van der Waals surface area contributed by atoms with Crippen molar-refractivity contribution in [1.29, 1.82) is 0 Å². The van der Waals surface area contributed by atoms with E-state index in [0.29, 0.717) is 0 Å². The predicted octanol–water partition coefficient (Wildman–Crippen LogP) is 3.38. The molecule has 3 nitrogen and oxygen atoms in total. The molecular formula is C15H17O3S. The SMILES string of the molecule is CC1=CC([CH]OS(=O)(=O)c2ccc(C)cc2)CC=C1. The average molecular weight is 277 g/mol. The summed E-state index contributed by atoms with van der Waals surface area (Å²) in [6.07, 6.45) is 6.78. The summed E-state index contributed by atoms with van der Waals surface area (Å²) < 4.78 is 29.0. The van der Waals surface area contributed by atoms with Gasteiger partial charge in [-0.1, -0.05) is 41.5 Å². The van der Waals surface area contributed by atoms with Gasteiger partial charge in [-0.05, 0) is 32.4 Å². The van der Waals surface area contributed by atoms with Crippen LogP contribution in [0, 0.1) is 19.4 Å². The van der Waals surface area contributed by atoms with Gasteiger partial charge in [0.2, 0.25) is 0 Å². The lowest BCUT2D eigenvalue weighted by molar-refractivity contribution is 0.354. The van der Waals surface area contributed by atoms with Crippen molar-refractivity contribution < 1.29 is 12.6 Å². The van der Waals surface area contributed by atoms with Gasteiger partial charge in [-0.15, -0.1) is 0 Å². The maximum Gasteiger partial charge on any atom is 0.297 e. The molecule has 0 fully saturated rings. The van der Waals surface area contributed by atoms with Crippen LogP contribution in [-0.4, -0.2) is 8.42 Å². The van der Waals surface area contributed by atoms with Gasteiger partial charge in [0.05, 0.1) is 4.90 Å². The van der Waals surface area contributed by atoms with Crippen LogP contribution in [0.2, 0.25) is 0 Å². The highest BCUT2D eigenvalue weighted by Gasteiger charge is 2.18. The second-order valence-corrected chi connectivity index (χ2v) is 6.28. The number of benzene rings is 1. The van der Waals surface area contributed by atoms with Crippen LogP contribution in [0.3, 0.4) is 0 Å². The predicted molar refractivity (Wildman–Crippen MR) is 74.8 cm³/mol. The van der Waals surface area contributed by atoms with E-state index in [1.54, 1.807) is 24.3 Å². The van der Waals surface area contributed by atoms with Crippen molar-refractivity contribution in [2.75, 3.05) is 0 Å². The number of hydrogen-bond acceptors (Lipinski definition) is 3. The van der Waals surface area contributed by atoms with Gasteiger partial charge in [-0.3, -0.25) is 4.18 Å². The first-order chi connectivity index (χ1) is 8.97. The normalized spacial score (nSPS) is 19.3. The van der Waals surface area contributed by atoms with E-state index in [1.807, 2.05) is 32.1 Å². The van der Waals surface area contributed by atoms with E-state index in [2.05, 4.69) is 0 Å². The second-order valence-electron chi connectivity index (χ2n) is 4.71. The van der Waals surface area contributed by atoms with Crippen LogP contribution in [0.5, 0.6) is 0 Å². The van der Waals surface area contributed by atoms with Gasteiger partial charge in [-0.2, -0.15) is 8.42 Å². The fourth-order valence-electron chi connectivity index (χ4n) is 1.87. The number of allylic oxidation sites excluding steroid dienone is 3. The molecule has 0 aliphatic heterocycles. The Kier molecular flexibility index (Phi) is 4.22. The maximum atomic E-state index is 12.0. The average Bonchev–Trinajstić information content (AvgIpc) is 2.37. The monoisotopic (exact) mass is 277 g/mol. The number of aryl methyl sites for hydroxylation is 1. The Morgan fingerprint density at radius 2 is 1.89 bits per heavy atom. The molecule has 0 heterocycles. The molecule has 0 saturated heterocycles. The Labute approximate surface area is 114 Å². The summed E-state index contributed by atoms with van der Waals surface area (Å²) in [5.74, 6) is 0.00484. The van der Waals surface area contributed by atoms with Gasteiger partial charge in [0.1, 0.15) is 6.61 Å². The third-order valence-electron chi connectivity index (χ3n) is 2.93. The van der Waals surface area contributed by atoms with Crippen molar-refractivity contribution in [2.45, 2.75) is 25.2 Å². The van der Waals surface area contributed by atoms with E-state index in [-0.39, 0.29) is 10.8 Å². The molecule has 0 saturated carbocycles. The molecule has 0 N–H and O–H groups in total.